The maximum absolute atomic E-state index is 12.2. The number of aryl methyl sites for hydroxylation is 1. The lowest BCUT2D eigenvalue weighted by molar-refractivity contribution is 0.490. The zero-order valence-corrected chi connectivity index (χ0v) is 13.3. The fourth-order valence-corrected chi connectivity index (χ4v) is 4.26. The molecule has 0 saturated heterocycles. The summed E-state index contributed by atoms with van der Waals surface area (Å²) in [5, 5.41) is 0.817. The van der Waals surface area contributed by atoms with E-state index in [1.165, 1.54) is 12.1 Å². The van der Waals surface area contributed by atoms with Crippen LogP contribution in [0.15, 0.2) is 46.7 Å². The van der Waals surface area contributed by atoms with Crippen LogP contribution in [0.1, 0.15) is 5.69 Å². The highest BCUT2D eigenvalue weighted by atomic mass is 35.5. The van der Waals surface area contributed by atoms with Crippen LogP contribution < -0.4 is 4.18 Å². The van der Waals surface area contributed by atoms with E-state index in [2.05, 4.69) is 4.98 Å². The van der Waals surface area contributed by atoms with Crippen LogP contribution in [0.2, 0.25) is 4.34 Å². The second-order valence-corrected chi connectivity index (χ2v) is 7.86. The molecule has 1 aromatic carbocycles. The molecular formula is C14H10ClNO3S2. The van der Waals surface area contributed by atoms with E-state index in [1.807, 2.05) is 25.1 Å². The molecule has 0 radical (unpaired) electrons. The van der Waals surface area contributed by atoms with Crippen molar-refractivity contribution >= 4 is 44.0 Å². The molecular weight excluding hydrogens is 330 g/mol. The normalized spacial score (nSPS) is 11.7. The van der Waals surface area contributed by atoms with Crippen LogP contribution in [0.4, 0.5) is 0 Å². The lowest BCUT2D eigenvalue weighted by atomic mass is 10.2. The summed E-state index contributed by atoms with van der Waals surface area (Å²) in [6.45, 7) is 1.84. The standard InChI is InChI=1S/C14H10ClNO3S2/c1-9-5-6-10-3-2-4-11(14(10)16-9)19-21(17,18)13-8-7-12(15)20-13/h2-8H,1H3. The van der Waals surface area contributed by atoms with E-state index in [1.54, 1.807) is 12.1 Å². The van der Waals surface area contributed by atoms with Gasteiger partial charge in [-0.05, 0) is 31.2 Å². The number of hydrogen-bond acceptors (Lipinski definition) is 5. The van der Waals surface area contributed by atoms with E-state index >= 15 is 0 Å². The Balaban J connectivity index is 2.08. The molecule has 0 bridgehead atoms. The number of benzene rings is 1. The third-order valence-corrected chi connectivity index (χ3v) is 5.73. The molecule has 0 amide bonds. The highest BCUT2D eigenvalue weighted by molar-refractivity contribution is 7.89. The first-order valence-corrected chi connectivity index (χ1v) is 8.62. The van der Waals surface area contributed by atoms with Gasteiger partial charge in [0.1, 0.15) is 5.52 Å². The molecule has 0 aliphatic heterocycles. The number of thiophene rings is 1. The first-order chi connectivity index (χ1) is 9.95. The van der Waals surface area contributed by atoms with Crippen LogP contribution in [-0.2, 0) is 10.1 Å². The zero-order valence-electron chi connectivity index (χ0n) is 10.9. The maximum atomic E-state index is 12.2. The van der Waals surface area contributed by atoms with Gasteiger partial charge in [0.25, 0.3) is 0 Å². The Morgan fingerprint density at radius 3 is 2.67 bits per heavy atom. The Bertz CT molecular complexity index is 919. The van der Waals surface area contributed by atoms with Gasteiger partial charge in [-0.2, -0.15) is 8.42 Å². The summed E-state index contributed by atoms with van der Waals surface area (Å²) in [5.41, 5.74) is 1.30. The molecule has 21 heavy (non-hydrogen) atoms. The lowest BCUT2D eigenvalue weighted by Gasteiger charge is -2.08. The molecule has 7 heteroatoms. The molecule has 0 spiro atoms. The van der Waals surface area contributed by atoms with Gasteiger partial charge in [0.05, 0.1) is 4.34 Å². The van der Waals surface area contributed by atoms with Crippen molar-refractivity contribution in [2.75, 3.05) is 0 Å². The van der Waals surface area contributed by atoms with Crippen LogP contribution in [0.5, 0.6) is 5.75 Å². The summed E-state index contributed by atoms with van der Waals surface area (Å²) in [4.78, 5) is 4.35. The summed E-state index contributed by atoms with van der Waals surface area (Å²) in [7, 11) is -3.90. The van der Waals surface area contributed by atoms with Crippen molar-refractivity contribution in [2.24, 2.45) is 0 Å². The lowest BCUT2D eigenvalue weighted by Crippen LogP contribution is -2.08. The molecule has 0 aliphatic rings. The average Bonchev–Trinajstić information content (AvgIpc) is 2.87. The summed E-state index contributed by atoms with van der Waals surface area (Å²) in [5.74, 6) is 0.209. The van der Waals surface area contributed by atoms with Crippen LogP contribution in [0.3, 0.4) is 0 Å². The molecule has 2 heterocycles. The van der Waals surface area contributed by atoms with Gasteiger partial charge in [0, 0.05) is 11.1 Å². The van der Waals surface area contributed by atoms with Crippen LogP contribution in [-0.4, -0.2) is 13.4 Å². The van der Waals surface area contributed by atoms with E-state index in [-0.39, 0.29) is 9.96 Å². The molecule has 108 valence electrons. The number of para-hydroxylation sites is 1. The fourth-order valence-electron chi connectivity index (χ4n) is 1.88. The minimum Gasteiger partial charge on any atom is -0.376 e. The van der Waals surface area contributed by atoms with Gasteiger partial charge in [-0.25, -0.2) is 4.98 Å². The summed E-state index contributed by atoms with van der Waals surface area (Å²) in [6.07, 6.45) is 0. The Kier molecular flexibility index (Phi) is 3.61. The fraction of sp³-hybridized carbons (Fsp3) is 0.0714. The number of nitrogens with zero attached hydrogens (tertiary/aromatic N) is 1. The van der Waals surface area contributed by atoms with Gasteiger partial charge in [0.2, 0.25) is 0 Å². The molecule has 0 aliphatic carbocycles. The van der Waals surface area contributed by atoms with Gasteiger partial charge < -0.3 is 4.18 Å². The van der Waals surface area contributed by atoms with Crippen LogP contribution >= 0.6 is 22.9 Å². The predicted octanol–water partition coefficient (Wildman–Crippen LogP) is 4.03. The number of hydrogen-bond donors (Lipinski definition) is 0. The maximum Gasteiger partial charge on any atom is 0.348 e. The van der Waals surface area contributed by atoms with Crippen molar-refractivity contribution in [3.05, 3.63) is 52.5 Å². The number of aromatic nitrogens is 1. The third-order valence-electron chi connectivity index (χ3n) is 2.82. The molecule has 0 fully saturated rings. The minimum atomic E-state index is -3.90. The Morgan fingerprint density at radius 2 is 1.95 bits per heavy atom. The zero-order chi connectivity index (χ0) is 15.0. The SMILES string of the molecule is Cc1ccc2cccc(OS(=O)(=O)c3ccc(Cl)s3)c2n1. The van der Waals surface area contributed by atoms with E-state index in [9.17, 15) is 8.42 Å². The molecule has 2 aromatic heterocycles. The molecule has 3 aromatic rings. The molecule has 0 saturated carbocycles. The second-order valence-electron chi connectivity index (χ2n) is 4.38. The molecule has 0 unspecified atom stereocenters. The van der Waals surface area contributed by atoms with Crippen LogP contribution in [0.25, 0.3) is 10.9 Å². The minimum absolute atomic E-state index is 0.0668. The highest BCUT2D eigenvalue weighted by Gasteiger charge is 2.20. The number of halogens is 1. The molecule has 4 nitrogen and oxygen atoms in total. The quantitative estimate of drug-likeness (QED) is 0.676. The summed E-state index contributed by atoms with van der Waals surface area (Å²) in [6, 6.07) is 11.8. The Labute approximate surface area is 131 Å². The topological polar surface area (TPSA) is 56.3 Å². The molecule has 0 N–H and O–H groups in total. The van der Waals surface area contributed by atoms with Crippen molar-refractivity contribution in [1.29, 1.82) is 0 Å². The van der Waals surface area contributed by atoms with Crippen LogP contribution in [0, 0.1) is 6.92 Å². The third kappa shape index (κ3) is 2.88. The monoisotopic (exact) mass is 339 g/mol. The molecule has 0 atom stereocenters. The van der Waals surface area contributed by atoms with Crippen molar-refractivity contribution in [3.63, 3.8) is 0 Å². The van der Waals surface area contributed by atoms with Gasteiger partial charge in [-0.3, -0.25) is 0 Å². The van der Waals surface area contributed by atoms with Gasteiger partial charge in [-0.15, -0.1) is 11.3 Å². The van der Waals surface area contributed by atoms with Crippen molar-refractivity contribution in [3.8, 4) is 5.75 Å². The van der Waals surface area contributed by atoms with E-state index in [0.29, 0.717) is 9.85 Å². The first kappa shape index (κ1) is 14.3. The van der Waals surface area contributed by atoms with E-state index < -0.39 is 10.1 Å². The average molecular weight is 340 g/mol. The Morgan fingerprint density at radius 1 is 1.14 bits per heavy atom. The summed E-state index contributed by atoms with van der Waals surface area (Å²) >= 11 is 6.73. The second kappa shape index (κ2) is 5.29. The largest absolute Gasteiger partial charge is 0.376 e. The van der Waals surface area contributed by atoms with Crippen molar-refractivity contribution < 1.29 is 12.6 Å². The summed E-state index contributed by atoms with van der Waals surface area (Å²) < 4.78 is 30.2. The van der Waals surface area contributed by atoms with Gasteiger partial charge in [-0.1, -0.05) is 29.8 Å². The molecule has 3 rings (SSSR count). The highest BCUT2D eigenvalue weighted by Crippen LogP contribution is 2.30. The van der Waals surface area contributed by atoms with Crippen molar-refractivity contribution in [2.45, 2.75) is 11.1 Å². The van der Waals surface area contributed by atoms with Gasteiger partial charge in [0.15, 0.2) is 9.96 Å². The van der Waals surface area contributed by atoms with Crippen molar-refractivity contribution in [1.82, 2.24) is 4.98 Å². The van der Waals surface area contributed by atoms with E-state index in [4.69, 9.17) is 15.8 Å². The number of fused-ring (bicyclic) bond motifs is 1. The predicted molar refractivity (Wildman–Crippen MR) is 83.6 cm³/mol. The number of pyridine rings is 1. The first-order valence-electron chi connectivity index (χ1n) is 6.02. The van der Waals surface area contributed by atoms with E-state index in [0.717, 1.165) is 22.4 Å². The smallest absolute Gasteiger partial charge is 0.348 e. The Hall–Kier alpha value is -1.63. The number of rotatable bonds is 3. The van der Waals surface area contributed by atoms with Gasteiger partial charge >= 0.3 is 10.1 Å².